The average Bonchev–Trinajstić information content (AvgIpc) is 3.64. The van der Waals surface area contributed by atoms with Crippen LogP contribution >= 0.6 is 11.6 Å². The molecule has 1 aromatic heterocycles. The molecule has 1 spiro atoms. The third-order valence-corrected chi connectivity index (χ3v) is 8.38. The normalized spacial score (nSPS) is 25.0. The summed E-state index contributed by atoms with van der Waals surface area (Å²) in [5, 5.41) is 7.78. The molecule has 0 unspecified atom stereocenters. The number of esters is 1. The lowest BCUT2D eigenvalue weighted by Crippen LogP contribution is -2.53. The minimum atomic E-state index is -1.47. The molecule has 0 saturated carbocycles. The SMILES string of the molecule is CC(=O)Oc1ccc(N2C(=O)[C@H]3[C@@H](C2=O)[C@]2(N[C@@H]3Cc3c[nH]c4ccccc34)C(=O)Nc3ccc(Cl)cc32)cc1. The molecule has 4 heterocycles. The molecule has 3 aliphatic heterocycles. The maximum Gasteiger partial charge on any atom is 0.308 e. The topological polar surface area (TPSA) is 121 Å². The smallest absolute Gasteiger partial charge is 0.308 e. The number of hydrogen-bond donors (Lipinski definition) is 3. The molecule has 3 aromatic carbocycles. The number of amides is 3. The number of rotatable bonds is 4. The molecule has 3 amide bonds. The number of ether oxygens (including phenoxy) is 1. The number of para-hydroxylation sites is 1. The van der Waals surface area contributed by atoms with Crippen LogP contribution in [0.4, 0.5) is 11.4 Å². The van der Waals surface area contributed by atoms with Crippen LogP contribution in [0.15, 0.2) is 72.9 Å². The Hall–Kier alpha value is -4.47. The number of carbonyl (C=O) groups excluding carboxylic acids is 4. The molecule has 10 heteroatoms. The minimum Gasteiger partial charge on any atom is -0.427 e. The van der Waals surface area contributed by atoms with E-state index >= 15 is 0 Å². The van der Waals surface area contributed by atoms with E-state index in [-0.39, 0.29) is 0 Å². The van der Waals surface area contributed by atoms with Crippen molar-refractivity contribution >= 4 is 57.6 Å². The van der Waals surface area contributed by atoms with Gasteiger partial charge in [-0.3, -0.25) is 24.5 Å². The number of nitrogens with one attached hydrogen (secondary N) is 3. The van der Waals surface area contributed by atoms with Gasteiger partial charge in [0.1, 0.15) is 11.3 Å². The number of fused-ring (bicyclic) bond motifs is 5. The van der Waals surface area contributed by atoms with E-state index in [2.05, 4.69) is 15.6 Å². The van der Waals surface area contributed by atoms with E-state index in [0.29, 0.717) is 34.1 Å². The molecule has 0 radical (unpaired) electrons. The number of benzene rings is 3. The van der Waals surface area contributed by atoms with Crippen molar-refractivity contribution in [2.24, 2.45) is 11.8 Å². The Balaban J connectivity index is 1.34. The van der Waals surface area contributed by atoms with Gasteiger partial charge in [-0.1, -0.05) is 29.8 Å². The summed E-state index contributed by atoms with van der Waals surface area (Å²) in [5.74, 6) is -3.26. The highest BCUT2D eigenvalue weighted by Crippen LogP contribution is 2.54. The molecule has 2 fully saturated rings. The molecule has 4 atom stereocenters. The van der Waals surface area contributed by atoms with E-state index in [0.717, 1.165) is 21.4 Å². The molecule has 0 bridgehead atoms. The minimum absolute atomic E-state index is 0.296. The first-order chi connectivity index (χ1) is 19.3. The van der Waals surface area contributed by atoms with Gasteiger partial charge in [0.2, 0.25) is 17.7 Å². The molecule has 7 rings (SSSR count). The standard InChI is InChI=1S/C30H23ClN4O5/c1-15(36)40-19-9-7-18(8-10-19)35-27(37)25-24(12-16-14-32-22-5-3-2-4-20(16)22)34-30(26(25)28(35)38)21-13-17(31)6-11-23(21)33-29(30)39/h2-11,13-14,24-26,32,34H,12H2,1H3,(H,33,39)/t24-,25-,26+,30+/m1/s1. The van der Waals surface area contributed by atoms with Gasteiger partial charge in [-0.2, -0.15) is 0 Å². The number of hydrogen-bond acceptors (Lipinski definition) is 6. The van der Waals surface area contributed by atoms with Crippen LogP contribution in [0.2, 0.25) is 5.02 Å². The van der Waals surface area contributed by atoms with Crippen molar-refractivity contribution in [1.82, 2.24) is 10.3 Å². The van der Waals surface area contributed by atoms with Gasteiger partial charge in [-0.15, -0.1) is 0 Å². The van der Waals surface area contributed by atoms with Crippen LogP contribution in [0.5, 0.6) is 5.75 Å². The number of aromatic amines is 1. The lowest BCUT2D eigenvalue weighted by Gasteiger charge is -2.29. The zero-order chi connectivity index (χ0) is 27.8. The fraction of sp³-hybridized carbons (Fsp3) is 0.200. The average molecular weight is 555 g/mol. The maximum absolute atomic E-state index is 14.2. The summed E-state index contributed by atoms with van der Waals surface area (Å²) in [5.41, 5.74) is 1.90. The number of carbonyl (C=O) groups is 4. The highest BCUT2D eigenvalue weighted by molar-refractivity contribution is 6.31. The van der Waals surface area contributed by atoms with Crippen molar-refractivity contribution < 1.29 is 23.9 Å². The summed E-state index contributed by atoms with van der Waals surface area (Å²) in [7, 11) is 0. The third kappa shape index (κ3) is 3.44. The summed E-state index contributed by atoms with van der Waals surface area (Å²) in [6.45, 7) is 1.29. The fourth-order valence-corrected chi connectivity index (χ4v) is 6.74. The van der Waals surface area contributed by atoms with Crippen molar-refractivity contribution in [3.05, 3.63) is 89.1 Å². The van der Waals surface area contributed by atoms with E-state index in [1.807, 2.05) is 30.5 Å². The number of anilines is 2. The quantitative estimate of drug-likeness (QED) is 0.200. The van der Waals surface area contributed by atoms with Crippen molar-refractivity contribution in [2.75, 3.05) is 10.2 Å². The van der Waals surface area contributed by atoms with Gasteiger partial charge in [0.25, 0.3) is 0 Å². The Bertz CT molecular complexity index is 1750. The molecule has 9 nitrogen and oxygen atoms in total. The molecule has 200 valence electrons. The van der Waals surface area contributed by atoms with Gasteiger partial charge in [-0.25, -0.2) is 4.90 Å². The lowest BCUT2D eigenvalue weighted by atomic mass is 9.76. The third-order valence-electron chi connectivity index (χ3n) is 8.15. The van der Waals surface area contributed by atoms with E-state index in [4.69, 9.17) is 16.3 Å². The van der Waals surface area contributed by atoms with Gasteiger partial charge < -0.3 is 15.0 Å². The summed E-state index contributed by atoms with van der Waals surface area (Å²) < 4.78 is 5.11. The highest BCUT2D eigenvalue weighted by atomic mass is 35.5. The van der Waals surface area contributed by atoms with Gasteiger partial charge >= 0.3 is 5.97 Å². The summed E-state index contributed by atoms with van der Waals surface area (Å²) in [6.07, 6.45) is 2.31. The predicted octanol–water partition coefficient (Wildman–Crippen LogP) is 3.91. The number of H-pyrrole nitrogens is 1. The molecule has 40 heavy (non-hydrogen) atoms. The Morgan fingerprint density at radius 1 is 1.02 bits per heavy atom. The number of aromatic nitrogens is 1. The summed E-state index contributed by atoms with van der Waals surface area (Å²) >= 11 is 6.36. The van der Waals surface area contributed by atoms with Gasteiger partial charge in [0, 0.05) is 46.3 Å². The monoisotopic (exact) mass is 554 g/mol. The Labute approximate surface area is 233 Å². The van der Waals surface area contributed by atoms with Crippen LogP contribution in [0, 0.1) is 11.8 Å². The number of imide groups is 1. The van der Waals surface area contributed by atoms with E-state index in [9.17, 15) is 19.2 Å². The van der Waals surface area contributed by atoms with Gasteiger partial charge in [-0.05, 0) is 60.5 Å². The first-order valence-electron chi connectivity index (χ1n) is 12.9. The van der Waals surface area contributed by atoms with Gasteiger partial charge in [0.15, 0.2) is 0 Å². The molecule has 3 aliphatic rings. The van der Waals surface area contributed by atoms with E-state index < -0.39 is 47.1 Å². The van der Waals surface area contributed by atoms with Crippen LogP contribution in [0.25, 0.3) is 10.9 Å². The van der Waals surface area contributed by atoms with E-state index in [1.54, 1.807) is 30.3 Å². The van der Waals surface area contributed by atoms with Crippen molar-refractivity contribution in [3.8, 4) is 5.75 Å². The lowest BCUT2D eigenvalue weighted by molar-refractivity contribution is -0.132. The largest absolute Gasteiger partial charge is 0.427 e. The van der Waals surface area contributed by atoms with Crippen LogP contribution in [0.1, 0.15) is 18.1 Å². The Kier molecular flexibility index (Phi) is 5.39. The van der Waals surface area contributed by atoms with Crippen LogP contribution in [-0.2, 0) is 31.1 Å². The summed E-state index contributed by atoms with van der Waals surface area (Å²) in [6, 6.07) is 18.6. The Morgan fingerprint density at radius 3 is 2.58 bits per heavy atom. The maximum atomic E-state index is 14.2. The first kappa shape index (κ1) is 24.6. The van der Waals surface area contributed by atoms with Gasteiger partial charge in [0.05, 0.1) is 17.5 Å². The molecule has 2 saturated heterocycles. The second-order valence-electron chi connectivity index (χ2n) is 10.4. The van der Waals surface area contributed by atoms with Crippen LogP contribution in [0.3, 0.4) is 0 Å². The number of halogens is 1. The second-order valence-corrected chi connectivity index (χ2v) is 10.8. The van der Waals surface area contributed by atoms with Crippen molar-refractivity contribution in [1.29, 1.82) is 0 Å². The van der Waals surface area contributed by atoms with Crippen LogP contribution in [-0.4, -0.2) is 34.7 Å². The predicted molar refractivity (Wildman–Crippen MR) is 148 cm³/mol. The zero-order valence-corrected chi connectivity index (χ0v) is 22.0. The molecule has 0 aliphatic carbocycles. The highest BCUT2D eigenvalue weighted by Gasteiger charge is 2.70. The van der Waals surface area contributed by atoms with Crippen molar-refractivity contribution in [2.45, 2.75) is 24.9 Å². The second kappa shape index (κ2) is 8.77. The van der Waals surface area contributed by atoms with Crippen LogP contribution < -0.4 is 20.3 Å². The number of nitrogens with zero attached hydrogens (tertiary/aromatic N) is 1. The van der Waals surface area contributed by atoms with Crippen molar-refractivity contribution in [3.63, 3.8) is 0 Å². The molecular formula is C30H23ClN4O5. The molecular weight excluding hydrogens is 532 g/mol. The summed E-state index contributed by atoms with van der Waals surface area (Å²) in [4.78, 5) is 57.8. The van der Waals surface area contributed by atoms with E-state index in [1.165, 1.54) is 19.1 Å². The first-order valence-corrected chi connectivity index (χ1v) is 13.3. The molecule has 4 aromatic rings. The Morgan fingerprint density at radius 2 is 1.80 bits per heavy atom. The molecule has 3 N–H and O–H groups in total. The zero-order valence-electron chi connectivity index (χ0n) is 21.2. The fourth-order valence-electron chi connectivity index (χ4n) is 6.57.